The van der Waals surface area contributed by atoms with Crippen LogP contribution in [0.1, 0.15) is 11.6 Å². The third-order valence-electron chi connectivity index (χ3n) is 2.60. The maximum atomic E-state index is 5.93. The predicted octanol–water partition coefficient (Wildman–Crippen LogP) is 1.06. The van der Waals surface area contributed by atoms with Gasteiger partial charge >= 0.3 is 0 Å². The summed E-state index contributed by atoms with van der Waals surface area (Å²) >= 11 is 5.93. The van der Waals surface area contributed by atoms with Crippen molar-refractivity contribution in [1.82, 2.24) is 10.9 Å². The lowest BCUT2D eigenvalue weighted by molar-refractivity contribution is 0.483. The number of hydrogen-bond acceptors (Lipinski definition) is 3. The zero-order valence-corrected chi connectivity index (χ0v) is 8.59. The van der Waals surface area contributed by atoms with Crippen LogP contribution in [0.3, 0.4) is 0 Å². The van der Waals surface area contributed by atoms with E-state index in [4.69, 9.17) is 17.3 Å². The van der Waals surface area contributed by atoms with Crippen molar-refractivity contribution < 1.29 is 0 Å². The first-order valence-electron chi connectivity index (χ1n) is 4.75. The van der Waals surface area contributed by atoms with Gasteiger partial charge in [-0.3, -0.25) is 5.43 Å². The average Bonchev–Trinajstić information content (AvgIpc) is 2.65. The third kappa shape index (κ3) is 1.91. The fourth-order valence-corrected chi connectivity index (χ4v) is 2.01. The van der Waals surface area contributed by atoms with Crippen molar-refractivity contribution in [3.05, 3.63) is 34.9 Å². The molecule has 4 N–H and O–H groups in total. The first kappa shape index (κ1) is 9.93. The van der Waals surface area contributed by atoms with Gasteiger partial charge in [0.05, 0.1) is 6.04 Å². The van der Waals surface area contributed by atoms with Crippen molar-refractivity contribution in [3.8, 4) is 0 Å². The number of nitrogens with two attached hydrogens (primary N) is 1. The normalized spacial score (nSPS) is 26.7. The molecule has 0 radical (unpaired) electrons. The van der Waals surface area contributed by atoms with Crippen LogP contribution in [0.15, 0.2) is 24.3 Å². The van der Waals surface area contributed by atoms with Gasteiger partial charge in [-0.15, -0.1) is 0 Å². The number of hydrazine groups is 1. The van der Waals surface area contributed by atoms with Crippen molar-refractivity contribution in [2.75, 3.05) is 13.1 Å². The third-order valence-corrected chi connectivity index (χ3v) is 2.84. The maximum absolute atomic E-state index is 5.93. The fraction of sp³-hybridized carbons (Fsp3) is 0.400. The minimum atomic E-state index is 0.277. The highest BCUT2D eigenvalue weighted by molar-refractivity contribution is 6.30. The van der Waals surface area contributed by atoms with Crippen molar-refractivity contribution in [2.24, 2.45) is 11.7 Å². The van der Waals surface area contributed by atoms with Gasteiger partial charge in [0, 0.05) is 17.5 Å². The summed E-state index contributed by atoms with van der Waals surface area (Å²) in [7, 11) is 0. The van der Waals surface area contributed by atoms with Gasteiger partial charge in [-0.25, -0.2) is 5.43 Å². The Labute approximate surface area is 88.6 Å². The molecule has 1 aliphatic heterocycles. The zero-order chi connectivity index (χ0) is 9.97. The van der Waals surface area contributed by atoms with E-state index in [1.807, 2.05) is 18.2 Å². The van der Waals surface area contributed by atoms with Crippen molar-refractivity contribution in [1.29, 1.82) is 0 Å². The molecule has 0 saturated carbocycles. The monoisotopic (exact) mass is 211 g/mol. The maximum Gasteiger partial charge on any atom is 0.0515 e. The molecule has 1 saturated heterocycles. The molecule has 2 rings (SSSR count). The molecule has 4 heteroatoms. The molecule has 2 unspecified atom stereocenters. The van der Waals surface area contributed by atoms with Crippen LogP contribution in [-0.4, -0.2) is 13.1 Å². The Balaban J connectivity index is 2.21. The summed E-state index contributed by atoms with van der Waals surface area (Å²) in [6, 6.07) is 8.17. The average molecular weight is 212 g/mol. The smallest absolute Gasteiger partial charge is 0.0515 e. The Morgan fingerprint density at radius 3 is 3.07 bits per heavy atom. The summed E-state index contributed by atoms with van der Waals surface area (Å²) in [5.74, 6) is 0.438. The van der Waals surface area contributed by atoms with Crippen LogP contribution in [0.2, 0.25) is 5.02 Å². The molecule has 1 heterocycles. The quantitative estimate of drug-likeness (QED) is 0.686. The first-order chi connectivity index (χ1) is 6.81. The number of nitrogens with one attached hydrogen (secondary N) is 2. The van der Waals surface area contributed by atoms with Gasteiger partial charge in [0.1, 0.15) is 0 Å². The molecule has 0 spiro atoms. The van der Waals surface area contributed by atoms with Crippen LogP contribution in [0.5, 0.6) is 0 Å². The second kappa shape index (κ2) is 4.28. The topological polar surface area (TPSA) is 50.1 Å². The Morgan fingerprint density at radius 2 is 2.36 bits per heavy atom. The summed E-state index contributed by atoms with van der Waals surface area (Å²) in [6.45, 7) is 1.59. The van der Waals surface area contributed by atoms with Gasteiger partial charge in [0.15, 0.2) is 0 Å². The van der Waals surface area contributed by atoms with E-state index >= 15 is 0 Å². The van der Waals surface area contributed by atoms with Crippen LogP contribution < -0.4 is 16.6 Å². The van der Waals surface area contributed by atoms with Gasteiger partial charge < -0.3 is 5.73 Å². The van der Waals surface area contributed by atoms with Crippen molar-refractivity contribution in [3.63, 3.8) is 0 Å². The van der Waals surface area contributed by atoms with Crippen molar-refractivity contribution >= 4 is 11.6 Å². The van der Waals surface area contributed by atoms with E-state index in [2.05, 4.69) is 16.9 Å². The van der Waals surface area contributed by atoms with Gasteiger partial charge in [-0.1, -0.05) is 23.7 Å². The predicted molar refractivity (Wildman–Crippen MR) is 57.9 cm³/mol. The van der Waals surface area contributed by atoms with E-state index in [0.29, 0.717) is 12.5 Å². The Morgan fingerprint density at radius 1 is 1.50 bits per heavy atom. The van der Waals surface area contributed by atoms with Gasteiger partial charge in [0.25, 0.3) is 0 Å². The van der Waals surface area contributed by atoms with Gasteiger partial charge in [-0.05, 0) is 24.2 Å². The fourth-order valence-electron chi connectivity index (χ4n) is 1.81. The van der Waals surface area contributed by atoms with Crippen LogP contribution in [0.4, 0.5) is 0 Å². The molecule has 0 aliphatic carbocycles. The molecule has 2 atom stereocenters. The standard InChI is InChI=1S/C10H14ClN3/c11-9-3-1-2-7(4-9)10-8(5-12)6-13-14-10/h1-4,8,10,13-14H,5-6,12H2. The molecule has 0 aromatic heterocycles. The molecule has 0 bridgehead atoms. The van der Waals surface area contributed by atoms with Gasteiger partial charge in [0.2, 0.25) is 0 Å². The Kier molecular flexibility index (Phi) is 3.03. The number of benzene rings is 1. The lowest BCUT2D eigenvalue weighted by Gasteiger charge is -2.16. The molecule has 76 valence electrons. The second-order valence-electron chi connectivity index (χ2n) is 3.55. The highest BCUT2D eigenvalue weighted by atomic mass is 35.5. The van der Waals surface area contributed by atoms with Crippen LogP contribution >= 0.6 is 11.6 Å². The highest BCUT2D eigenvalue weighted by Crippen LogP contribution is 2.25. The minimum Gasteiger partial charge on any atom is -0.330 e. The van der Waals surface area contributed by atoms with Crippen LogP contribution in [-0.2, 0) is 0 Å². The van der Waals surface area contributed by atoms with E-state index in [1.54, 1.807) is 0 Å². The van der Waals surface area contributed by atoms with Gasteiger partial charge in [-0.2, -0.15) is 0 Å². The molecule has 0 amide bonds. The lowest BCUT2D eigenvalue weighted by Crippen LogP contribution is -2.26. The first-order valence-corrected chi connectivity index (χ1v) is 5.13. The summed E-state index contributed by atoms with van der Waals surface area (Å²) < 4.78 is 0. The Bertz CT molecular complexity index is 316. The SMILES string of the molecule is NCC1CNNC1c1cccc(Cl)c1. The van der Waals surface area contributed by atoms with E-state index in [9.17, 15) is 0 Å². The van der Waals surface area contributed by atoms with Crippen LogP contribution in [0, 0.1) is 5.92 Å². The van der Waals surface area contributed by atoms with Crippen LogP contribution in [0.25, 0.3) is 0 Å². The molecule has 1 aromatic rings. The summed E-state index contributed by atoms with van der Waals surface area (Å²) in [5.41, 5.74) is 13.2. The summed E-state index contributed by atoms with van der Waals surface area (Å²) in [4.78, 5) is 0. The molecular formula is C10H14ClN3. The Hall–Kier alpha value is -0.610. The van der Waals surface area contributed by atoms with E-state index < -0.39 is 0 Å². The number of rotatable bonds is 2. The molecule has 1 aromatic carbocycles. The molecule has 1 fully saturated rings. The second-order valence-corrected chi connectivity index (χ2v) is 3.99. The molecule has 3 nitrogen and oxygen atoms in total. The zero-order valence-electron chi connectivity index (χ0n) is 7.83. The molecular weight excluding hydrogens is 198 g/mol. The molecule has 1 aliphatic rings. The molecule has 14 heavy (non-hydrogen) atoms. The summed E-state index contributed by atoms with van der Waals surface area (Å²) in [5, 5.41) is 0.770. The number of hydrogen-bond donors (Lipinski definition) is 3. The highest BCUT2D eigenvalue weighted by Gasteiger charge is 2.26. The van der Waals surface area contributed by atoms with E-state index in [0.717, 1.165) is 11.6 Å². The number of halogens is 1. The van der Waals surface area contributed by atoms with E-state index in [1.165, 1.54) is 5.56 Å². The minimum absolute atomic E-state index is 0.277. The summed E-state index contributed by atoms with van der Waals surface area (Å²) in [6.07, 6.45) is 0. The largest absolute Gasteiger partial charge is 0.330 e. The van der Waals surface area contributed by atoms with E-state index in [-0.39, 0.29) is 6.04 Å². The lowest BCUT2D eigenvalue weighted by atomic mass is 9.95. The van der Waals surface area contributed by atoms with Crippen molar-refractivity contribution in [2.45, 2.75) is 6.04 Å².